The van der Waals surface area contributed by atoms with Crippen LogP contribution in [0.5, 0.6) is 0 Å². The van der Waals surface area contributed by atoms with Gasteiger partial charge < -0.3 is 20.4 Å². The van der Waals surface area contributed by atoms with Crippen LogP contribution < -0.4 is 0 Å². The molecule has 2 aliphatic carbocycles. The summed E-state index contributed by atoms with van der Waals surface area (Å²) in [6, 6.07) is 4.79. The Morgan fingerprint density at radius 2 is 0.917 bits per heavy atom. The third-order valence-corrected chi connectivity index (χ3v) is 14.4. The van der Waals surface area contributed by atoms with Crippen molar-refractivity contribution in [3.63, 3.8) is 0 Å². The molecule has 0 unspecified atom stereocenters. The molecule has 2 aliphatic rings. The molecule has 8 heteroatoms. The van der Waals surface area contributed by atoms with E-state index in [-0.39, 0.29) is 0 Å². The van der Waals surface area contributed by atoms with Crippen LogP contribution in [-0.2, 0) is 44.9 Å². The molecule has 0 aromatic heterocycles. The summed E-state index contributed by atoms with van der Waals surface area (Å²) in [5, 5.41) is 38.9. The second kappa shape index (κ2) is 21.9. The van der Waals surface area contributed by atoms with Crippen LogP contribution in [0.4, 0.5) is 0 Å². The zero-order valence-corrected chi connectivity index (χ0v) is 39.1. The van der Waals surface area contributed by atoms with E-state index in [1.165, 1.54) is 55.6 Å². The highest BCUT2D eigenvalue weighted by atomic mass is 16.4. The summed E-state index contributed by atoms with van der Waals surface area (Å²) >= 11 is 0. The van der Waals surface area contributed by atoms with Gasteiger partial charge in [-0.05, 0) is 214 Å². The first-order valence-corrected chi connectivity index (χ1v) is 23.4. The number of carboxylic acid groups (broad SMARTS) is 4. The van der Waals surface area contributed by atoms with Crippen molar-refractivity contribution in [2.75, 3.05) is 0 Å². The highest BCUT2D eigenvalue weighted by Gasteiger charge is 2.50. The van der Waals surface area contributed by atoms with Crippen LogP contribution in [0.15, 0.2) is 12.1 Å². The smallest absolute Gasteiger partial charge is 0.309 e. The fraction of sp³-hybridized carbons (Fsp3) is 0.692. The zero-order chi connectivity index (χ0) is 45.1. The molecule has 0 bridgehead atoms. The van der Waals surface area contributed by atoms with Crippen LogP contribution >= 0.6 is 0 Å². The average molecular weight is 833 g/mol. The third-order valence-electron chi connectivity index (χ3n) is 14.4. The number of aryl methyl sites for hydroxylation is 3. The third kappa shape index (κ3) is 13.2. The fourth-order valence-corrected chi connectivity index (χ4v) is 9.14. The SMILES string of the molecule is CC.Cc1cc(CCCCC2(C(=O)O)CC2)c(C)c(-c2cc(CCCCCC(C)(C)C(=O)O)c(C)c(C)c2CCCCC2(C(=O)O)CC2)c1CCCCCC(C)(C)C(=O)O. The van der Waals surface area contributed by atoms with Crippen molar-refractivity contribution < 1.29 is 39.6 Å². The summed E-state index contributed by atoms with van der Waals surface area (Å²) in [7, 11) is 0. The van der Waals surface area contributed by atoms with Crippen LogP contribution in [0.25, 0.3) is 11.1 Å². The molecule has 2 aromatic rings. The lowest BCUT2D eigenvalue weighted by Gasteiger charge is -2.26. The lowest BCUT2D eigenvalue weighted by Crippen LogP contribution is -2.23. The predicted octanol–water partition coefficient (Wildman–Crippen LogP) is 13.2. The van der Waals surface area contributed by atoms with Crippen LogP contribution in [0.1, 0.15) is 202 Å². The Morgan fingerprint density at radius 3 is 1.35 bits per heavy atom. The molecule has 0 heterocycles. The second-order valence-electron chi connectivity index (χ2n) is 19.7. The summed E-state index contributed by atoms with van der Waals surface area (Å²) in [5.74, 6) is -2.83. The monoisotopic (exact) mass is 833 g/mol. The van der Waals surface area contributed by atoms with Gasteiger partial charge in [-0.1, -0.05) is 64.5 Å². The summed E-state index contributed by atoms with van der Waals surface area (Å²) < 4.78 is 0. The topological polar surface area (TPSA) is 149 Å². The highest BCUT2D eigenvalue weighted by Crippen LogP contribution is 2.51. The number of unbranched alkanes of at least 4 members (excludes halogenated alkanes) is 6. The molecule has 60 heavy (non-hydrogen) atoms. The van der Waals surface area contributed by atoms with Crippen molar-refractivity contribution in [3.8, 4) is 11.1 Å². The normalized spacial score (nSPS) is 15.2. The minimum atomic E-state index is -0.760. The van der Waals surface area contributed by atoms with Gasteiger partial charge in [0.25, 0.3) is 0 Å². The molecular weight excluding hydrogens is 753 g/mol. The minimum Gasteiger partial charge on any atom is -0.481 e. The van der Waals surface area contributed by atoms with E-state index in [0.29, 0.717) is 19.3 Å². The number of benzene rings is 2. The molecule has 336 valence electrons. The number of aliphatic carboxylic acids is 4. The van der Waals surface area contributed by atoms with Gasteiger partial charge in [-0.25, -0.2) is 0 Å². The van der Waals surface area contributed by atoms with Crippen LogP contribution in [0.2, 0.25) is 0 Å². The van der Waals surface area contributed by atoms with Gasteiger partial charge in [-0.3, -0.25) is 19.2 Å². The maximum atomic E-state index is 12.0. The minimum absolute atomic E-state index is 0.513. The molecule has 8 nitrogen and oxygen atoms in total. The molecule has 0 spiro atoms. The molecule has 0 saturated heterocycles. The lowest BCUT2D eigenvalue weighted by atomic mass is 9.79. The van der Waals surface area contributed by atoms with Crippen molar-refractivity contribution >= 4 is 23.9 Å². The van der Waals surface area contributed by atoms with Gasteiger partial charge in [0, 0.05) is 0 Å². The molecule has 4 N–H and O–H groups in total. The van der Waals surface area contributed by atoms with Gasteiger partial charge in [0.2, 0.25) is 0 Å². The van der Waals surface area contributed by atoms with E-state index < -0.39 is 45.5 Å². The van der Waals surface area contributed by atoms with Crippen LogP contribution in [-0.4, -0.2) is 44.3 Å². The number of carboxylic acids is 4. The van der Waals surface area contributed by atoms with Crippen LogP contribution in [0, 0.1) is 49.4 Å². The van der Waals surface area contributed by atoms with E-state index in [1.807, 2.05) is 13.8 Å². The molecule has 0 aliphatic heterocycles. The molecule has 0 atom stereocenters. The highest BCUT2D eigenvalue weighted by molar-refractivity contribution is 5.80. The molecular formula is C52H80O8. The van der Waals surface area contributed by atoms with Crippen molar-refractivity contribution in [2.45, 2.75) is 210 Å². The van der Waals surface area contributed by atoms with E-state index >= 15 is 0 Å². The number of hydrogen-bond acceptors (Lipinski definition) is 4. The van der Waals surface area contributed by atoms with Gasteiger partial charge in [0.05, 0.1) is 21.7 Å². The molecule has 2 saturated carbocycles. The number of hydrogen-bond donors (Lipinski definition) is 4. The van der Waals surface area contributed by atoms with Crippen molar-refractivity contribution in [1.82, 2.24) is 0 Å². The Labute approximate surface area is 362 Å². The van der Waals surface area contributed by atoms with E-state index in [1.54, 1.807) is 27.7 Å². The summed E-state index contributed by atoms with van der Waals surface area (Å²) in [5.41, 5.74) is 10.5. The first-order valence-electron chi connectivity index (χ1n) is 23.4. The second-order valence-corrected chi connectivity index (χ2v) is 19.7. The molecule has 0 radical (unpaired) electrons. The molecule has 4 rings (SSSR count). The summed E-state index contributed by atoms with van der Waals surface area (Å²) in [4.78, 5) is 47.3. The fourth-order valence-electron chi connectivity index (χ4n) is 9.14. The van der Waals surface area contributed by atoms with Gasteiger partial charge in [0.1, 0.15) is 0 Å². The number of rotatable bonds is 27. The average Bonchev–Trinajstić information content (AvgIpc) is 4.13. The maximum absolute atomic E-state index is 12.0. The zero-order valence-electron chi connectivity index (χ0n) is 39.1. The van der Waals surface area contributed by atoms with Crippen LogP contribution in [0.3, 0.4) is 0 Å². The molecule has 0 amide bonds. The van der Waals surface area contributed by atoms with Crippen molar-refractivity contribution in [2.24, 2.45) is 21.7 Å². The number of carbonyl (C=O) groups is 4. The Balaban J connectivity index is 0.00000473. The van der Waals surface area contributed by atoms with E-state index in [0.717, 1.165) is 122 Å². The quantitative estimate of drug-likeness (QED) is 0.0650. The largest absolute Gasteiger partial charge is 0.481 e. The lowest BCUT2D eigenvalue weighted by molar-refractivity contribution is -0.148. The van der Waals surface area contributed by atoms with Crippen molar-refractivity contribution in [1.29, 1.82) is 0 Å². The first kappa shape index (κ1) is 50.7. The van der Waals surface area contributed by atoms with Gasteiger partial charge in [-0.2, -0.15) is 0 Å². The molecule has 2 aromatic carbocycles. The van der Waals surface area contributed by atoms with Gasteiger partial charge >= 0.3 is 23.9 Å². The predicted molar refractivity (Wildman–Crippen MR) is 243 cm³/mol. The van der Waals surface area contributed by atoms with E-state index in [9.17, 15) is 39.6 Å². The summed E-state index contributed by atoms with van der Waals surface area (Å²) in [6.45, 7) is 20.2. The Morgan fingerprint density at radius 1 is 0.517 bits per heavy atom. The van der Waals surface area contributed by atoms with Gasteiger partial charge in [0.15, 0.2) is 0 Å². The maximum Gasteiger partial charge on any atom is 0.309 e. The van der Waals surface area contributed by atoms with Crippen molar-refractivity contribution in [3.05, 3.63) is 56.6 Å². The molecule has 2 fully saturated rings. The standard InChI is InChI=1S/C50H74O8.C2H6/c1-33-31-37(20-13-17-25-49(27-28-49)45(55)56)36(4)42(39(33)21-12-10-16-24-48(7,8)44(53)54)41-32-38(19-11-9-15-23-47(5,6)43(51)52)34(2)35(3)40(41)22-14-18-26-50(29-30-50)46(57)58;1-2/h31-32H,9-30H2,1-8H3,(H,51,52)(H,53,54)(H,55,56)(H,57,58);1-2H3. The van der Waals surface area contributed by atoms with E-state index in [2.05, 4.69) is 39.8 Å². The Bertz CT molecular complexity index is 1810. The summed E-state index contributed by atoms with van der Waals surface area (Å²) in [6.07, 6.45) is 18.5. The van der Waals surface area contributed by atoms with E-state index in [4.69, 9.17) is 0 Å². The Kier molecular flexibility index (Phi) is 18.5. The Hall–Kier alpha value is -3.68. The van der Waals surface area contributed by atoms with Gasteiger partial charge in [-0.15, -0.1) is 0 Å². The first-order chi connectivity index (χ1) is 28.2.